The summed E-state index contributed by atoms with van der Waals surface area (Å²) < 4.78 is 6.89. The number of rotatable bonds is 5. The average Bonchev–Trinajstić information content (AvgIpc) is 3.17. The number of aliphatic hydroxyl groups excluding tert-OH is 1. The monoisotopic (exact) mass is 469 g/mol. The van der Waals surface area contributed by atoms with Crippen LogP contribution in [0.2, 0.25) is 0 Å². The van der Waals surface area contributed by atoms with Crippen molar-refractivity contribution in [3.63, 3.8) is 0 Å². The lowest BCUT2D eigenvalue weighted by Crippen LogP contribution is -2.50. The van der Waals surface area contributed by atoms with Crippen LogP contribution in [0.15, 0.2) is 23.0 Å². The molecule has 0 aromatic heterocycles. The molecule has 0 saturated heterocycles. The van der Waals surface area contributed by atoms with Crippen LogP contribution in [0, 0.1) is 40.4 Å². The van der Waals surface area contributed by atoms with Crippen molar-refractivity contribution in [2.75, 3.05) is 6.54 Å². The first kappa shape index (κ1) is 24.4. The highest BCUT2D eigenvalue weighted by atomic mass is 16.5. The molecule has 3 fully saturated rings. The van der Waals surface area contributed by atoms with Gasteiger partial charge in [0.25, 0.3) is 0 Å². The molecular formula is C30H47NO3. The van der Waals surface area contributed by atoms with Crippen LogP contribution in [0.3, 0.4) is 0 Å². The number of amides is 1. The topological polar surface area (TPSA) is 58.6 Å². The lowest BCUT2D eigenvalue weighted by molar-refractivity contribution is -0.119. The Bertz CT molecular complexity index is 907. The summed E-state index contributed by atoms with van der Waals surface area (Å²) in [7, 11) is 0. The van der Waals surface area contributed by atoms with E-state index in [9.17, 15) is 9.90 Å². The molecule has 1 aliphatic heterocycles. The molecule has 1 amide bonds. The van der Waals surface area contributed by atoms with Crippen molar-refractivity contribution in [2.45, 2.75) is 111 Å². The zero-order chi connectivity index (χ0) is 24.5. The predicted octanol–water partition coefficient (Wildman–Crippen LogP) is 6.15. The minimum atomic E-state index is -0.130. The Kier molecular flexibility index (Phi) is 6.02. The largest absolute Gasteiger partial charge is 0.491 e. The van der Waals surface area contributed by atoms with E-state index in [-0.39, 0.29) is 17.6 Å². The van der Waals surface area contributed by atoms with Crippen LogP contribution >= 0.6 is 0 Å². The quantitative estimate of drug-likeness (QED) is 0.475. The minimum absolute atomic E-state index is 0.0546. The van der Waals surface area contributed by atoms with Crippen LogP contribution in [0.5, 0.6) is 0 Å². The number of carbonyl (C=O) groups excluding carboxylic acids is 1. The summed E-state index contributed by atoms with van der Waals surface area (Å²) in [5.74, 6) is 4.51. The van der Waals surface area contributed by atoms with E-state index in [1.54, 1.807) is 12.5 Å². The summed E-state index contributed by atoms with van der Waals surface area (Å²) in [6.07, 6.45) is 12.5. The summed E-state index contributed by atoms with van der Waals surface area (Å²) in [4.78, 5) is 11.3. The van der Waals surface area contributed by atoms with Crippen LogP contribution in [0.25, 0.3) is 0 Å². The van der Waals surface area contributed by atoms with Gasteiger partial charge in [0, 0.05) is 25.8 Å². The number of carbonyl (C=O) groups is 1. The fraction of sp³-hybridized carbons (Fsp3) is 0.833. The van der Waals surface area contributed by atoms with Crippen LogP contribution in [-0.2, 0) is 9.53 Å². The molecule has 4 aliphatic carbocycles. The summed E-state index contributed by atoms with van der Waals surface area (Å²) >= 11 is 0. The van der Waals surface area contributed by atoms with E-state index in [1.165, 1.54) is 37.0 Å². The number of hydrogen-bond donors (Lipinski definition) is 2. The van der Waals surface area contributed by atoms with Crippen LogP contribution < -0.4 is 5.32 Å². The van der Waals surface area contributed by atoms with Crippen molar-refractivity contribution in [3.05, 3.63) is 23.0 Å². The van der Waals surface area contributed by atoms with Crippen molar-refractivity contribution < 1.29 is 14.6 Å². The number of aliphatic hydroxyl groups is 1. The molecule has 190 valence electrons. The normalized spacial score (nSPS) is 46.0. The van der Waals surface area contributed by atoms with E-state index in [1.807, 2.05) is 0 Å². The fourth-order valence-corrected chi connectivity index (χ4v) is 9.61. The molecule has 9 atom stereocenters. The molecule has 1 heterocycles. The van der Waals surface area contributed by atoms with Crippen LogP contribution in [0.4, 0.5) is 0 Å². The van der Waals surface area contributed by atoms with Gasteiger partial charge in [-0.25, -0.2) is 0 Å². The Labute approximate surface area is 207 Å². The average molecular weight is 470 g/mol. The Balaban J connectivity index is 1.34. The van der Waals surface area contributed by atoms with Gasteiger partial charge in [0.05, 0.1) is 11.9 Å². The first-order chi connectivity index (χ1) is 16.0. The second-order valence-corrected chi connectivity index (χ2v) is 13.4. The van der Waals surface area contributed by atoms with E-state index in [0.29, 0.717) is 22.7 Å². The van der Waals surface area contributed by atoms with E-state index in [0.717, 1.165) is 56.4 Å². The lowest BCUT2D eigenvalue weighted by Gasteiger charge is -2.57. The van der Waals surface area contributed by atoms with E-state index in [2.05, 4.69) is 46.0 Å². The van der Waals surface area contributed by atoms with Crippen LogP contribution in [-0.4, -0.2) is 29.3 Å². The van der Waals surface area contributed by atoms with Crippen molar-refractivity contribution in [2.24, 2.45) is 40.4 Å². The first-order valence-corrected chi connectivity index (χ1v) is 14.0. The van der Waals surface area contributed by atoms with Crippen LogP contribution in [0.1, 0.15) is 99.3 Å². The molecule has 5 aliphatic rings. The van der Waals surface area contributed by atoms with Gasteiger partial charge < -0.3 is 15.2 Å². The van der Waals surface area contributed by atoms with Gasteiger partial charge in [-0.05, 0) is 105 Å². The predicted molar refractivity (Wildman–Crippen MR) is 136 cm³/mol. The molecule has 4 heteroatoms. The molecule has 5 rings (SSSR count). The third-order valence-corrected chi connectivity index (χ3v) is 11.2. The SMILES string of the molecule is CC(=O)NC[C@@H](C)CCC1=C(C)[C@@H]2[C@@]3(C)CC[C@H]4[C@@H](CC=C5C[C@@H](O)CC[C@@]54C)[C@@H]3C[C@]2(C)O1. The zero-order valence-corrected chi connectivity index (χ0v) is 22.4. The molecule has 2 N–H and O–H groups in total. The van der Waals surface area contributed by atoms with Gasteiger partial charge in [-0.2, -0.15) is 0 Å². The molecule has 0 aromatic rings. The standard InChI is InChI=1S/C30H47NO3/c1-18(17-31-20(3)32)7-10-26-19(2)27-29(5)14-12-24-23(25(29)16-30(27,6)34-26)9-8-21-15-22(33)11-13-28(21,24)4/h8,18,22-25,27,33H,7,9-17H2,1-6H3,(H,31,32)/t18-,22-,23+,24-,25-,27+,28-,29-,30-/m0/s1. The number of hydrogen-bond acceptors (Lipinski definition) is 3. The number of fused-ring (bicyclic) bond motifs is 7. The Morgan fingerprint density at radius 1 is 1.24 bits per heavy atom. The minimum Gasteiger partial charge on any atom is -0.491 e. The third-order valence-electron chi connectivity index (χ3n) is 11.2. The van der Waals surface area contributed by atoms with Gasteiger partial charge >= 0.3 is 0 Å². The number of nitrogens with one attached hydrogen (secondary N) is 1. The van der Waals surface area contributed by atoms with Crippen molar-refractivity contribution in [1.29, 1.82) is 0 Å². The van der Waals surface area contributed by atoms with Gasteiger partial charge in [0.1, 0.15) is 5.60 Å². The molecule has 0 radical (unpaired) electrons. The smallest absolute Gasteiger partial charge is 0.216 e. The van der Waals surface area contributed by atoms with Crippen molar-refractivity contribution >= 4 is 5.91 Å². The maximum atomic E-state index is 11.3. The highest BCUT2D eigenvalue weighted by Gasteiger charge is 2.67. The van der Waals surface area contributed by atoms with E-state index in [4.69, 9.17) is 4.74 Å². The summed E-state index contributed by atoms with van der Waals surface area (Å²) in [5.41, 5.74) is 3.62. The highest BCUT2D eigenvalue weighted by Crippen LogP contribution is 2.71. The Hall–Kier alpha value is -1.29. The van der Waals surface area contributed by atoms with Crippen molar-refractivity contribution in [1.82, 2.24) is 5.32 Å². The van der Waals surface area contributed by atoms with E-state index >= 15 is 0 Å². The second-order valence-electron chi connectivity index (χ2n) is 13.4. The van der Waals surface area contributed by atoms with Crippen molar-refractivity contribution in [3.8, 4) is 0 Å². The fourth-order valence-electron chi connectivity index (χ4n) is 9.61. The maximum Gasteiger partial charge on any atom is 0.216 e. The summed E-state index contributed by atoms with van der Waals surface area (Å²) in [6.45, 7) is 14.4. The molecule has 0 bridgehead atoms. The Morgan fingerprint density at radius 3 is 2.74 bits per heavy atom. The Morgan fingerprint density at radius 2 is 2.00 bits per heavy atom. The zero-order valence-electron chi connectivity index (χ0n) is 22.4. The van der Waals surface area contributed by atoms with Gasteiger partial charge in [-0.15, -0.1) is 0 Å². The van der Waals surface area contributed by atoms with Gasteiger partial charge in [0.2, 0.25) is 5.91 Å². The van der Waals surface area contributed by atoms with Gasteiger partial charge in [-0.1, -0.05) is 32.4 Å². The third kappa shape index (κ3) is 3.69. The highest BCUT2D eigenvalue weighted by molar-refractivity contribution is 5.72. The molecule has 0 unspecified atom stereocenters. The van der Waals surface area contributed by atoms with E-state index < -0.39 is 0 Å². The van der Waals surface area contributed by atoms with Gasteiger partial charge in [-0.3, -0.25) is 4.79 Å². The second kappa shape index (κ2) is 8.39. The van der Waals surface area contributed by atoms with Gasteiger partial charge in [0.15, 0.2) is 0 Å². The first-order valence-electron chi connectivity index (χ1n) is 14.0. The molecule has 0 spiro atoms. The molecule has 4 nitrogen and oxygen atoms in total. The maximum absolute atomic E-state index is 11.3. The lowest BCUT2D eigenvalue weighted by atomic mass is 9.47. The molecule has 3 saturated carbocycles. The summed E-state index contributed by atoms with van der Waals surface area (Å²) in [6, 6.07) is 0. The number of allylic oxidation sites excluding steroid dienone is 2. The molecule has 34 heavy (non-hydrogen) atoms. The summed E-state index contributed by atoms with van der Waals surface area (Å²) in [5, 5.41) is 13.3. The number of ether oxygens (including phenoxy) is 1. The molecule has 0 aromatic carbocycles. The molecular weight excluding hydrogens is 422 g/mol.